The van der Waals surface area contributed by atoms with Gasteiger partial charge in [0.05, 0.1) is 6.61 Å². The monoisotopic (exact) mass is 216 g/mol. The summed E-state index contributed by atoms with van der Waals surface area (Å²) in [4.78, 5) is 15.4. The molecule has 0 fully saturated rings. The fourth-order valence-corrected chi connectivity index (χ4v) is 1.21. The summed E-state index contributed by atoms with van der Waals surface area (Å²) in [5.41, 5.74) is 0. The Hall–Kier alpha value is -0.610. The number of carbonyl (C=O) groups is 1. The molecule has 0 saturated carbocycles. The third kappa shape index (κ3) is 6.47. The Morgan fingerprint density at radius 2 is 1.73 bits per heavy atom. The van der Waals surface area contributed by atoms with Gasteiger partial charge in [-0.25, -0.2) is 0 Å². The Kier molecular flexibility index (Phi) is 8.33. The zero-order valence-corrected chi connectivity index (χ0v) is 10.5. The minimum Gasteiger partial charge on any atom is -0.370 e. The lowest BCUT2D eigenvalue weighted by Crippen LogP contribution is -2.34. The van der Waals surface area contributed by atoms with Gasteiger partial charge in [-0.15, -0.1) is 0 Å². The van der Waals surface area contributed by atoms with Crippen LogP contribution in [0.5, 0.6) is 0 Å². The number of amides is 1. The predicted octanol–water partition coefficient (Wildman–Crippen LogP) is 0.823. The maximum absolute atomic E-state index is 11.5. The Morgan fingerprint density at radius 1 is 1.13 bits per heavy atom. The highest BCUT2D eigenvalue weighted by molar-refractivity contribution is 5.77. The summed E-state index contributed by atoms with van der Waals surface area (Å²) < 4.78 is 5.32. The first-order chi connectivity index (χ1) is 7.15. The van der Waals surface area contributed by atoms with E-state index in [1.165, 1.54) is 0 Å². The summed E-state index contributed by atoms with van der Waals surface area (Å²) in [6.45, 7) is 10.3. The van der Waals surface area contributed by atoms with E-state index in [-0.39, 0.29) is 12.5 Å². The standard InChI is InChI=1S/C11H24N2O2/c1-5-12(4)8-9-15-10-11(14)13(6-2)7-3/h5-10H2,1-4H3. The summed E-state index contributed by atoms with van der Waals surface area (Å²) in [6.07, 6.45) is 0. The lowest BCUT2D eigenvalue weighted by atomic mass is 10.4. The highest BCUT2D eigenvalue weighted by Crippen LogP contribution is 1.90. The van der Waals surface area contributed by atoms with Gasteiger partial charge in [-0.3, -0.25) is 4.79 Å². The average Bonchev–Trinajstić information content (AvgIpc) is 2.25. The van der Waals surface area contributed by atoms with Gasteiger partial charge >= 0.3 is 0 Å². The molecule has 0 heterocycles. The van der Waals surface area contributed by atoms with Gasteiger partial charge < -0.3 is 14.5 Å². The van der Waals surface area contributed by atoms with Gasteiger partial charge in [0.1, 0.15) is 6.61 Å². The van der Waals surface area contributed by atoms with E-state index in [0.717, 1.165) is 26.2 Å². The van der Waals surface area contributed by atoms with Crippen molar-refractivity contribution in [3.63, 3.8) is 0 Å². The van der Waals surface area contributed by atoms with E-state index in [9.17, 15) is 4.79 Å². The second-order valence-corrected chi connectivity index (χ2v) is 3.51. The number of hydrogen-bond acceptors (Lipinski definition) is 3. The van der Waals surface area contributed by atoms with Gasteiger partial charge in [-0.2, -0.15) is 0 Å². The lowest BCUT2D eigenvalue weighted by Gasteiger charge is -2.19. The van der Waals surface area contributed by atoms with Crippen molar-refractivity contribution in [3.05, 3.63) is 0 Å². The molecule has 0 atom stereocenters. The largest absolute Gasteiger partial charge is 0.370 e. The molecular formula is C11H24N2O2. The van der Waals surface area contributed by atoms with E-state index in [1.54, 1.807) is 4.90 Å². The number of likely N-dealkylation sites (N-methyl/N-ethyl adjacent to an activating group) is 2. The summed E-state index contributed by atoms with van der Waals surface area (Å²) in [5, 5.41) is 0. The van der Waals surface area contributed by atoms with E-state index in [2.05, 4.69) is 11.8 Å². The van der Waals surface area contributed by atoms with Crippen molar-refractivity contribution in [2.45, 2.75) is 20.8 Å². The fourth-order valence-electron chi connectivity index (χ4n) is 1.21. The lowest BCUT2D eigenvalue weighted by molar-refractivity contribution is -0.135. The molecule has 0 spiro atoms. The second kappa shape index (κ2) is 8.68. The van der Waals surface area contributed by atoms with Crippen LogP contribution in [0.1, 0.15) is 20.8 Å². The molecule has 0 N–H and O–H groups in total. The van der Waals surface area contributed by atoms with Gasteiger partial charge in [-0.1, -0.05) is 6.92 Å². The van der Waals surface area contributed by atoms with Crippen LogP contribution < -0.4 is 0 Å². The van der Waals surface area contributed by atoms with Crippen LogP contribution in [-0.2, 0) is 9.53 Å². The zero-order chi connectivity index (χ0) is 11.7. The molecule has 0 aliphatic carbocycles. The number of ether oxygens (including phenoxy) is 1. The molecule has 0 aromatic rings. The van der Waals surface area contributed by atoms with Crippen LogP contribution in [0, 0.1) is 0 Å². The van der Waals surface area contributed by atoms with E-state index in [0.29, 0.717) is 6.61 Å². The maximum Gasteiger partial charge on any atom is 0.248 e. The fraction of sp³-hybridized carbons (Fsp3) is 0.909. The maximum atomic E-state index is 11.5. The van der Waals surface area contributed by atoms with Crippen LogP contribution in [0.3, 0.4) is 0 Å². The van der Waals surface area contributed by atoms with Crippen LogP contribution >= 0.6 is 0 Å². The van der Waals surface area contributed by atoms with Crippen LogP contribution in [0.15, 0.2) is 0 Å². The predicted molar refractivity (Wildman–Crippen MR) is 61.9 cm³/mol. The molecule has 0 bridgehead atoms. The van der Waals surface area contributed by atoms with Crippen molar-refractivity contribution in [1.29, 1.82) is 0 Å². The first-order valence-corrected chi connectivity index (χ1v) is 5.69. The number of hydrogen-bond donors (Lipinski definition) is 0. The SMILES string of the molecule is CCN(C)CCOCC(=O)N(CC)CC. The van der Waals surface area contributed by atoms with Gasteiger partial charge in [0.15, 0.2) is 0 Å². The van der Waals surface area contributed by atoms with Crippen LogP contribution in [0.25, 0.3) is 0 Å². The highest BCUT2D eigenvalue weighted by atomic mass is 16.5. The van der Waals surface area contributed by atoms with Crippen LogP contribution in [0.4, 0.5) is 0 Å². The minimum atomic E-state index is 0.0825. The minimum absolute atomic E-state index is 0.0825. The Balaban J connectivity index is 3.54. The Labute approximate surface area is 93.2 Å². The van der Waals surface area contributed by atoms with Gasteiger partial charge in [0, 0.05) is 19.6 Å². The van der Waals surface area contributed by atoms with E-state index in [4.69, 9.17) is 4.74 Å². The Morgan fingerprint density at radius 3 is 2.20 bits per heavy atom. The third-order valence-corrected chi connectivity index (χ3v) is 2.50. The topological polar surface area (TPSA) is 32.8 Å². The van der Waals surface area contributed by atoms with Crippen molar-refractivity contribution in [3.8, 4) is 0 Å². The molecule has 0 saturated heterocycles. The molecule has 1 amide bonds. The van der Waals surface area contributed by atoms with E-state index < -0.39 is 0 Å². The van der Waals surface area contributed by atoms with Crippen molar-refractivity contribution >= 4 is 5.91 Å². The normalized spacial score (nSPS) is 10.7. The van der Waals surface area contributed by atoms with Gasteiger partial charge in [0.25, 0.3) is 0 Å². The number of carbonyl (C=O) groups excluding carboxylic acids is 1. The molecule has 4 nitrogen and oxygen atoms in total. The highest BCUT2D eigenvalue weighted by Gasteiger charge is 2.08. The molecule has 90 valence electrons. The first-order valence-electron chi connectivity index (χ1n) is 5.69. The number of nitrogens with zero attached hydrogens (tertiary/aromatic N) is 2. The van der Waals surface area contributed by atoms with Crippen LogP contribution in [-0.4, -0.2) is 62.1 Å². The van der Waals surface area contributed by atoms with E-state index in [1.807, 2.05) is 20.9 Å². The average molecular weight is 216 g/mol. The van der Waals surface area contributed by atoms with Crippen molar-refractivity contribution in [1.82, 2.24) is 9.80 Å². The summed E-state index contributed by atoms with van der Waals surface area (Å²) >= 11 is 0. The second-order valence-electron chi connectivity index (χ2n) is 3.51. The summed E-state index contributed by atoms with van der Waals surface area (Å²) in [6, 6.07) is 0. The molecule has 0 radical (unpaired) electrons. The summed E-state index contributed by atoms with van der Waals surface area (Å²) in [7, 11) is 2.04. The molecule has 0 aliphatic heterocycles. The quantitative estimate of drug-likeness (QED) is 0.563. The van der Waals surface area contributed by atoms with Crippen molar-refractivity contribution in [2.24, 2.45) is 0 Å². The molecule has 4 heteroatoms. The van der Waals surface area contributed by atoms with Crippen molar-refractivity contribution in [2.75, 3.05) is 46.4 Å². The third-order valence-electron chi connectivity index (χ3n) is 2.50. The van der Waals surface area contributed by atoms with Gasteiger partial charge in [-0.05, 0) is 27.4 Å². The van der Waals surface area contributed by atoms with E-state index >= 15 is 0 Å². The molecule has 0 aliphatic rings. The Bertz CT molecular complexity index is 170. The molecule has 15 heavy (non-hydrogen) atoms. The summed E-state index contributed by atoms with van der Waals surface area (Å²) in [5.74, 6) is 0.0825. The van der Waals surface area contributed by atoms with Gasteiger partial charge in [0.2, 0.25) is 5.91 Å². The molecule has 0 aromatic heterocycles. The van der Waals surface area contributed by atoms with Crippen LogP contribution in [0.2, 0.25) is 0 Å². The smallest absolute Gasteiger partial charge is 0.248 e. The molecular weight excluding hydrogens is 192 g/mol. The first kappa shape index (κ1) is 14.4. The molecule has 0 unspecified atom stereocenters. The zero-order valence-electron chi connectivity index (χ0n) is 10.5. The number of rotatable bonds is 8. The van der Waals surface area contributed by atoms with Crippen molar-refractivity contribution < 1.29 is 9.53 Å². The molecule has 0 rings (SSSR count). The molecule has 0 aromatic carbocycles.